The van der Waals surface area contributed by atoms with Gasteiger partial charge in [0.05, 0.1) is 6.33 Å². The third-order valence-corrected chi connectivity index (χ3v) is 5.90. The summed E-state index contributed by atoms with van der Waals surface area (Å²) in [5.41, 5.74) is 2.89. The zero-order valence-electron chi connectivity index (χ0n) is 15.4. The molecular weight excluding hydrogens is 348 g/mol. The van der Waals surface area contributed by atoms with Crippen molar-refractivity contribution in [3.63, 3.8) is 0 Å². The van der Waals surface area contributed by atoms with Crippen molar-refractivity contribution in [1.82, 2.24) is 18.8 Å². The minimum atomic E-state index is 0.0543. The van der Waals surface area contributed by atoms with E-state index in [4.69, 9.17) is 5.11 Å². The third-order valence-electron chi connectivity index (χ3n) is 5.08. The number of hydrogen-bond acceptors (Lipinski definition) is 6. The second-order valence-electron chi connectivity index (χ2n) is 6.49. The van der Waals surface area contributed by atoms with Crippen molar-refractivity contribution in [2.24, 2.45) is 0 Å². The largest absolute Gasteiger partial charge is 0.400 e. The Kier molecular flexibility index (Phi) is 6.34. The Morgan fingerprint density at radius 1 is 1.38 bits per heavy atom. The first-order valence-corrected chi connectivity index (χ1v) is 9.95. The molecule has 1 unspecified atom stereocenters. The van der Waals surface area contributed by atoms with Gasteiger partial charge < -0.3 is 5.11 Å². The molecule has 1 saturated heterocycles. The van der Waals surface area contributed by atoms with Crippen LogP contribution in [0.15, 0.2) is 29.3 Å². The van der Waals surface area contributed by atoms with Crippen LogP contribution in [0.3, 0.4) is 0 Å². The zero-order chi connectivity index (χ0) is 18.5. The van der Waals surface area contributed by atoms with Gasteiger partial charge in [-0.15, -0.1) is 0 Å². The van der Waals surface area contributed by atoms with E-state index in [0.717, 1.165) is 57.2 Å². The summed E-state index contributed by atoms with van der Waals surface area (Å²) >= 11 is 1.29. The molecular formula is C19H26N4O2S. The minimum absolute atomic E-state index is 0.0543. The number of rotatable bonds is 4. The Morgan fingerprint density at radius 3 is 2.96 bits per heavy atom. The van der Waals surface area contributed by atoms with E-state index in [1.807, 2.05) is 0 Å². The summed E-state index contributed by atoms with van der Waals surface area (Å²) < 4.78 is 7.00. The number of aliphatic hydroxyl groups is 1. The maximum Gasteiger partial charge on any atom is 0.272 e. The number of fused-ring (bicyclic) bond motifs is 1. The van der Waals surface area contributed by atoms with Gasteiger partial charge in [0.1, 0.15) is 15.9 Å². The molecule has 0 saturated carbocycles. The molecule has 7 heteroatoms. The van der Waals surface area contributed by atoms with Crippen molar-refractivity contribution in [2.45, 2.75) is 45.2 Å². The van der Waals surface area contributed by atoms with Crippen molar-refractivity contribution < 1.29 is 5.11 Å². The van der Waals surface area contributed by atoms with Crippen LogP contribution in [-0.2, 0) is 6.54 Å². The van der Waals surface area contributed by atoms with Crippen molar-refractivity contribution in [3.05, 3.63) is 40.6 Å². The molecule has 0 aromatic carbocycles. The Balaban J connectivity index is 0.000000948. The van der Waals surface area contributed by atoms with Crippen LogP contribution in [-0.4, -0.2) is 50.2 Å². The molecule has 0 bridgehead atoms. The predicted molar refractivity (Wildman–Crippen MR) is 106 cm³/mol. The zero-order valence-corrected chi connectivity index (χ0v) is 16.2. The first-order valence-electron chi connectivity index (χ1n) is 9.17. The van der Waals surface area contributed by atoms with Crippen LogP contribution in [0.1, 0.15) is 38.3 Å². The van der Waals surface area contributed by atoms with Crippen LogP contribution in [0.25, 0.3) is 15.8 Å². The summed E-state index contributed by atoms with van der Waals surface area (Å²) in [5, 5.41) is 7.00. The Bertz CT molecular complexity index is 868. The highest BCUT2D eigenvalue weighted by atomic mass is 32.1. The molecule has 2 aliphatic rings. The van der Waals surface area contributed by atoms with Gasteiger partial charge in [-0.25, -0.2) is 4.98 Å². The molecule has 3 heterocycles. The van der Waals surface area contributed by atoms with E-state index in [2.05, 4.69) is 39.4 Å². The molecule has 0 amide bonds. The number of aliphatic hydroxyl groups excluding tert-OH is 1. The van der Waals surface area contributed by atoms with E-state index in [9.17, 15) is 4.79 Å². The van der Waals surface area contributed by atoms with Gasteiger partial charge in [0.15, 0.2) is 0 Å². The average molecular weight is 375 g/mol. The summed E-state index contributed by atoms with van der Waals surface area (Å²) in [5.74, 6) is 0. The number of aromatic nitrogens is 3. The van der Waals surface area contributed by atoms with Gasteiger partial charge in [0.2, 0.25) is 0 Å². The molecule has 6 nitrogen and oxygen atoms in total. The van der Waals surface area contributed by atoms with Gasteiger partial charge in [-0.05, 0) is 55.9 Å². The molecule has 1 aliphatic carbocycles. The molecule has 4 rings (SSSR count). The van der Waals surface area contributed by atoms with Crippen molar-refractivity contribution >= 4 is 27.3 Å². The lowest BCUT2D eigenvalue weighted by Crippen LogP contribution is -2.35. The van der Waals surface area contributed by atoms with Gasteiger partial charge in [-0.2, -0.15) is 4.37 Å². The molecule has 1 atom stereocenters. The molecule has 1 N–H and O–H groups in total. The van der Waals surface area contributed by atoms with Crippen LogP contribution < -0.4 is 5.56 Å². The fourth-order valence-corrected chi connectivity index (χ4v) is 4.56. The van der Waals surface area contributed by atoms with Gasteiger partial charge >= 0.3 is 0 Å². The standard InChI is InChI=1S/C18H22N4OS.CH4O/c1-2-21-10-6-9-14(21)11-22-12-19-16-15(13-7-4-3-5-8-13)20-24-17(16)18(22)23;1-2/h3-4,7,12,14H,2,5-6,8-11H2,1H3;2H,1H3. The molecule has 1 fully saturated rings. The van der Waals surface area contributed by atoms with Gasteiger partial charge in [0, 0.05) is 19.7 Å². The Morgan fingerprint density at radius 2 is 2.23 bits per heavy atom. The van der Waals surface area contributed by atoms with Crippen LogP contribution in [0.5, 0.6) is 0 Å². The second-order valence-corrected chi connectivity index (χ2v) is 7.27. The first-order chi connectivity index (χ1) is 12.8. The average Bonchev–Trinajstić information content (AvgIpc) is 3.33. The van der Waals surface area contributed by atoms with Crippen LogP contribution in [0.2, 0.25) is 0 Å². The molecule has 140 valence electrons. The van der Waals surface area contributed by atoms with E-state index < -0.39 is 0 Å². The van der Waals surface area contributed by atoms with Crippen LogP contribution in [0.4, 0.5) is 0 Å². The lowest BCUT2D eigenvalue weighted by Gasteiger charge is -2.23. The molecule has 2 aromatic heterocycles. The summed E-state index contributed by atoms with van der Waals surface area (Å²) in [6, 6.07) is 0.450. The van der Waals surface area contributed by atoms with Gasteiger partial charge in [-0.1, -0.05) is 25.2 Å². The summed E-state index contributed by atoms with van der Waals surface area (Å²) in [6.45, 7) is 5.10. The summed E-state index contributed by atoms with van der Waals surface area (Å²) in [6.07, 6.45) is 12.4. The highest BCUT2D eigenvalue weighted by molar-refractivity contribution is 7.13. The van der Waals surface area contributed by atoms with E-state index >= 15 is 0 Å². The number of likely N-dealkylation sites (N-methyl/N-ethyl adjacent to an activating group) is 1. The van der Waals surface area contributed by atoms with E-state index in [1.54, 1.807) is 10.9 Å². The van der Waals surface area contributed by atoms with Gasteiger partial charge in [0.25, 0.3) is 5.56 Å². The van der Waals surface area contributed by atoms with E-state index in [0.29, 0.717) is 10.7 Å². The smallest absolute Gasteiger partial charge is 0.272 e. The predicted octanol–water partition coefficient (Wildman–Crippen LogP) is 2.68. The van der Waals surface area contributed by atoms with Crippen LogP contribution >= 0.6 is 11.5 Å². The fraction of sp³-hybridized carbons (Fsp3) is 0.526. The normalized spacial score (nSPS) is 20.1. The topological polar surface area (TPSA) is 71.2 Å². The summed E-state index contributed by atoms with van der Waals surface area (Å²) in [4.78, 5) is 19.9. The van der Waals surface area contributed by atoms with E-state index in [-0.39, 0.29) is 5.56 Å². The lowest BCUT2D eigenvalue weighted by molar-refractivity contribution is 0.242. The fourth-order valence-electron chi connectivity index (χ4n) is 3.74. The highest BCUT2D eigenvalue weighted by Gasteiger charge is 2.24. The molecule has 26 heavy (non-hydrogen) atoms. The van der Waals surface area contributed by atoms with Crippen LogP contribution in [0, 0.1) is 0 Å². The Hall–Kier alpha value is -1.83. The third kappa shape index (κ3) is 3.65. The van der Waals surface area contributed by atoms with E-state index in [1.165, 1.54) is 23.5 Å². The number of hydrogen-bond donors (Lipinski definition) is 1. The maximum atomic E-state index is 12.8. The monoisotopic (exact) mass is 374 g/mol. The second kappa shape index (κ2) is 8.70. The first kappa shape index (κ1) is 18.9. The molecule has 0 spiro atoms. The SMILES string of the molecule is CCN1CCCC1Cn1cnc2c(C3=CC=CCC3)nsc2c1=O.CO. The minimum Gasteiger partial charge on any atom is -0.400 e. The van der Waals surface area contributed by atoms with Gasteiger partial charge in [-0.3, -0.25) is 14.3 Å². The molecule has 2 aromatic rings. The maximum absolute atomic E-state index is 12.8. The number of likely N-dealkylation sites (tertiary alicyclic amines) is 1. The number of nitrogens with zero attached hydrogens (tertiary/aromatic N) is 4. The molecule has 1 aliphatic heterocycles. The summed E-state index contributed by atoms with van der Waals surface area (Å²) in [7, 11) is 1.00. The lowest BCUT2D eigenvalue weighted by atomic mass is 10.0. The van der Waals surface area contributed by atoms with Crippen molar-refractivity contribution in [3.8, 4) is 0 Å². The van der Waals surface area contributed by atoms with Crippen molar-refractivity contribution in [1.29, 1.82) is 0 Å². The Labute approximate surface area is 157 Å². The number of allylic oxidation sites excluding steroid dienone is 4. The molecule has 0 radical (unpaired) electrons. The highest BCUT2D eigenvalue weighted by Crippen LogP contribution is 2.29. The quantitative estimate of drug-likeness (QED) is 0.891. The van der Waals surface area contributed by atoms with Crippen molar-refractivity contribution in [2.75, 3.05) is 20.2 Å².